The lowest BCUT2D eigenvalue weighted by Crippen LogP contribution is -2.38. The van der Waals surface area contributed by atoms with Crippen molar-refractivity contribution in [3.63, 3.8) is 0 Å². The quantitative estimate of drug-likeness (QED) is 0.390. The summed E-state index contributed by atoms with van der Waals surface area (Å²) in [4.78, 5) is 12.4. The fourth-order valence-electron chi connectivity index (χ4n) is 2.27. The zero-order chi connectivity index (χ0) is 13.9. The van der Waals surface area contributed by atoms with Crippen LogP contribution < -0.4 is 4.57 Å². The molecule has 0 unspecified atom stereocenters. The fraction of sp³-hybridized carbons (Fsp3) is 0.0588. The molecule has 98 valence electrons. The van der Waals surface area contributed by atoms with E-state index in [0.717, 1.165) is 20.0 Å². The van der Waals surface area contributed by atoms with Crippen molar-refractivity contribution >= 4 is 39.3 Å². The van der Waals surface area contributed by atoms with Crippen molar-refractivity contribution in [3.8, 4) is 0 Å². The number of rotatable bonds is 3. The number of hydrogen-bond acceptors (Lipinski definition) is 1. The standard InChI is InChI=1S/C17H13INO/c18-15-8-3-6-14(11-15)17(20)12-19-10-4-7-13-5-1-2-9-16(13)19/h1-11H,12H2/q+1. The molecule has 3 aromatic rings. The topological polar surface area (TPSA) is 20.9 Å². The molecule has 3 rings (SSSR count). The number of para-hydroxylation sites is 1. The van der Waals surface area contributed by atoms with Gasteiger partial charge in [0.1, 0.15) is 0 Å². The van der Waals surface area contributed by atoms with E-state index in [9.17, 15) is 4.79 Å². The largest absolute Gasteiger partial charge is 0.287 e. The van der Waals surface area contributed by atoms with Crippen LogP contribution in [0.5, 0.6) is 0 Å². The lowest BCUT2D eigenvalue weighted by atomic mass is 10.1. The molecule has 0 fully saturated rings. The third-order valence-electron chi connectivity index (χ3n) is 3.25. The minimum Gasteiger partial charge on any atom is -0.287 e. The lowest BCUT2D eigenvalue weighted by molar-refractivity contribution is -0.657. The van der Waals surface area contributed by atoms with Crippen molar-refractivity contribution in [1.29, 1.82) is 0 Å². The first-order valence-electron chi connectivity index (χ1n) is 6.40. The molecule has 0 aliphatic heterocycles. The molecule has 0 aliphatic carbocycles. The number of hydrogen-bond donors (Lipinski definition) is 0. The third kappa shape index (κ3) is 2.72. The van der Waals surface area contributed by atoms with E-state index < -0.39 is 0 Å². The van der Waals surface area contributed by atoms with Crippen LogP contribution >= 0.6 is 22.6 Å². The number of nitrogens with zero attached hydrogens (tertiary/aromatic N) is 1. The molecule has 0 saturated heterocycles. The number of Topliss-reactive ketones (excluding diaryl/α,β-unsaturated/α-hetero) is 1. The van der Waals surface area contributed by atoms with Gasteiger partial charge in [0.05, 0.1) is 0 Å². The van der Waals surface area contributed by atoms with Crippen LogP contribution in [-0.4, -0.2) is 5.78 Å². The molecule has 1 aromatic heterocycles. The molecule has 20 heavy (non-hydrogen) atoms. The molecule has 0 bridgehead atoms. The Morgan fingerprint density at radius 3 is 2.65 bits per heavy atom. The lowest BCUT2D eigenvalue weighted by Gasteiger charge is -2.02. The van der Waals surface area contributed by atoms with E-state index in [2.05, 4.69) is 34.7 Å². The summed E-state index contributed by atoms with van der Waals surface area (Å²) in [6.07, 6.45) is 1.95. The van der Waals surface area contributed by atoms with Crippen LogP contribution in [0.2, 0.25) is 0 Å². The molecule has 0 spiro atoms. The van der Waals surface area contributed by atoms with Gasteiger partial charge in [-0.15, -0.1) is 0 Å². The van der Waals surface area contributed by atoms with Gasteiger partial charge < -0.3 is 0 Å². The molecule has 0 atom stereocenters. The van der Waals surface area contributed by atoms with Crippen LogP contribution in [-0.2, 0) is 6.54 Å². The molecular weight excluding hydrogens is 361 g/mol. The highest BCUT2D eigenvalue weighted by molar-refractivity contribution is 14.1. The van der Waals surface area contributed by atoms with Crippen molar-refractivity contribution in [1.82, 2.24) is 0 Å². The molecule has 0 saturated carbocycles. The van der Waals surface area contributed by atoms with E-state index in [1.54, 1.807) is 0 Å². The van der Waals surface area contributed by atoms with Crippen LogP contribution in [0.4, 0.5) is 0 Å². The summed E-state index contributed by atoms with van der Waals surface area (Å²) in [6.45, 7) is 0.363. The molecule has 0 radical (unpaired) electrons. The van der Waals surface area contributed by atoms with E-state index >= 15 is 0 Å². The number of aromatic nitrogens is 1. The van der Waals surface area contributed by atoms with Crippen LogP contribution in [0, 0.1) is 3.57 Å². The molecule has 2 nitrogen and oxygen atoms in total. The van der Waals surface area contributed by atoms with E-state index in [4.69, 9.17) is 0 Å². The Kier molecular flexibility index (Phi) is 3.78. The van der Waals surface area contributed by atoms with Gasteiger partial charge in [0.15, 0.2) is 6.20 Å². The maximum absolute atomic E-state index is 12.4. The Balaban J connectivity index is 1.95. The number of carbonyl (C=O) groups excluding carboxylic acids is 1. The highest BCUT2D eigenvalue weighted by Gasteiger charge is 2.15. The first-order chi connectivity index (χ1) is 9.74. The summed E-state index contributed by atoms with van der Waals surface area (Å²) in [6, 6.07) is 19.8. The Morgan fingerprint density at radius 1 is 1.00 bits per heavy atom. The number of fused-ring (bicyclic) bond motifs is 1. The average Bonchev–Trinajstić information content (AvgIpc) is 2.47. The van der Waals surface area contributed by atoms with Gasteiger partial charge in [0, 0.05) is 26.7 Å². The van der Waals surface area contributed by atoms with Crippen molar-refractivity contribution in [2.75, 3.05) is 0 Å². The Labute approximate surface area is 131 Å². The summed E-state index contributed by atoms with van der Waals surface area (Å²) in [7, 11) is 0. The van der Waals surface area contributed by atoms with Gasteiger partial charge in [-0.2, -0.15) is 4.57 Å². The maximum atomic E-state index is 12.4. The van der Waals surface area contributed by atoms with Crippen LogP contribution in [0.15, 0.2) is 66.9 Å². The van der Waals surface area contributed by atoms with Gasteiger partial charge >= 0.3 is 0 Å². The van der Waals surface area contributed by atoms with E-state index in [-0.39, 0.29) is 5.78 Å². The van der Waals surface area contributed by atoms with E-state index in [0.29, 0.717) is 6.54 Å². The summed E-state index contributed by atoms with van der Waals surface area (Å²) in [5, 5.41) is 1.14. The van der Waals surface area contributed by atoms with Crippen LogP contribution in [0.1, 0.15) is 10.4 Å². The van der Waals surface area contributed by atoms with Gasteiger partial charge in [0.2, 0.25) is 17.8 Å². The zero-order valence-corrected chi connectivity index (χ0v) is 12.9. The SMILES string of the molecule is O=C(C[n+]1cccc2ccccc21)c1cccc(I)c1. The molecule has 0 N–H and O–H groups in total. The second kappa shape index (κ2) is 5.71. The highest BCUT2D eigenvalue weighted by atomic mass is 127. The summed E-state index contributed by atoms with van der Waals surface area (Å²) in [5.41, 5.74) is 1.84. The molecule has 3 heteroatoms. The minimum atomic E-state index is 0.130. The predicted octanol–water partition coefficient (Wildman–Crippen LogP) is 3.61. The average molecular weight is 374 g/mol. The van der Waals surface area contributed by atoms with E-state index in [1.165, 1.54) is 0 Å². The molecule has 1 heterocycles. The van der Waals surface area contributed by atoms with Gasteiger partial charge in [-0.05, 0) is 46.9 Å². The maximum Gasteiger partial charge on any atom is 0.227 e. The smallest absolute Gasteiger partial charge is 0.227 e. The normalized spacial score (nSPS) is 10.7. The molecule has 0 aliphatic rings. The minimum absolute atomic E-state index is 0.130. The van der Waals surface area contributed by atoms with Crippen molar-refractivity contribution in [3.05, 3.63) is 76.0 Å². The Bertz CT molecular complexity index is 777. The van der Waals surface area contributed by atoms with Crippen LogP contribution in [0.25, 0.3) is 10.9 Å². The predicted molar refractivity (Wildman–Crippen MR) is 87.6 cm³/mol. The monoisotopic (exact) mass is 374 g/mol. The Morgan fingerprint density at radius 2 is 1.80 bits per heavy atom. The van der Waals surface area contributed by atoms with Gasteiger partial charge in [-0.3, -0.25) is 4.79 Å². The molecular formula is C17H13INO+. The van der Waals surface area contributed by atoms with Crippen molar-refractivity contribution in [2.24, 2.45) is 0 Å². The molecule has 0 amide bonds. The summed E-state index contributed by atoms with van der Waals surface area (Å²) < 4.78 is 3.08. The number of pyridine rings is 1. The van der Waals surface area contributed by atoms with Crippen LogP contribution in [0.3, 0.4) is 0 Å². The number of ketones is 1. The number of benzene rings is 2. The zero-order valence-electron chi connectivity index (χ0n) is 10.8. The van der Waals surface area contributed by atoms with Crippen molar-refractivity contribution < 1.29 is 9.36 Å². The number of carbonyl (C=O) groups is 1. The van der Waals surface area contributed by atoms with Crippen molar-refractivity contribution in [2.45, 2.75) is 6.54 Å². The van der Waals surface area contributed by atoms with E-state index in [1.807, 2.05) is 59.3 Å². The summed E-state index contributed by atoms with van der Waals surface area (Å²) in [5.74, 6) is 0.130. The Hall–Kier alpha value is -1.75. The third-order valence-corrected chi connectivity index (χ3v) is 3.92. The van der Waals surface area contributed by atoms with Gasteiger partial charge in [-0.25, -0.2) is 0 Å². The second-order valence-corrected chi connectivity index (χ2v) is 5.87. The first kappa shape index (κ1) is 13.2. The second-order valence-electron chi connectivity index (χ2n) is 4.63. The van der Waals surface area contributed by atoms with Gasteiger partial charge in [0.25, 0.3) is 0 Å². The van der Waals surface area contributed by atoms with Gasteiger partial charge in [-0.1, -0.05) is 24.3 Å². The number of halogens is 1. The fourth-order valence-corrected chi connectivity index (χ4v) is 2.81. The first-order valence-corrected chi connectivity index (χ1v) is 7.48. The summed E-state index contributed by atoms with van der Waals surface area (Å²) >= 11 is 2.22. The highest BCUT2D eigenvalue weighted by Crippen LogP contribution is 2.10. The molecule has 2 aromatic carbocycles.